The zero-order chi connectivity index (χ0) is 33.9. The number of nitrogens with zero attached hydrogens (tertiary/aromatic N) is 2. The third-order valence-corrected chi connectivity index (χ3v) is 9.44. The maximum Gasteiger partial charge on any atom is 0.275 e. The maximum atomic E-state index is 12.8. The highest BCUT2D eigenvalue weighted by Gasteiger charge is 2.20. The predicted molar refractivity (Wildman–Crippen MR) is 193 cm³/mol. The molecule has 3 aromatic carbocycles. The molecule has 4 aromatic rings. The van der Waals surface area contributed by atoms with Crippen molar-refractivity contribution in [3.63, 3.8) is 0 Å². The molecule has 2 aliphatic carbocycles. The van der Waals surface area contributed by atoms with E-state index in [4.69, 9.17) is 28.9 Å². The van der Waals surface area contributed by atoms with E-state index in [0.29, 0.717) is 62.0 Å². The summed E-state index contributed by atoms with van der Waals surface area (Å²) < 4.78 is 0. The molecular weight excluding hydrogens is 647 g/mol. The van der Waals surface area contributed by atoms with Crippen molar-refractivity contribution in [3.05, 3.63) is 93.7 Å². The number of carbonyl (C=O) groups excluding carboxylic acids is 3. The molecule has 1 heterocycles. The quantitative estimate of drug-likeness (QED) is 0.138. The van der Waals surface area contributed by atoms with E-state index in [1.807, 2.05) is 18.2 Å². The van der Waals surface area contributed by atoms with Crippen LogP contribution in [0.15, 0.2) is 66.9 Å². The molecule has 9 nitrogen and oxygen atoms in total. The van der Waals surface area contributed by atoms with Crippen LogP contribution >= 0.6 is 23.2 Å². The van der Waals surface area contributed by atoms with Gasteiger partial charge in [-0.3, -0.25) is 19.4 Å². The number of nitrogen functional groups attached to an aromatic ring is 1. The van der Waals surface area contributed by atoms with Gasteiger partial charge in [-0.15, -0.1) is 0 Å². The largest absolute Gasteiger partial charge is 0.398 e. The number of benzene rings is 3. The van der Waals surface area contributed by atoms with Gasteiger partial charge in [-0.05, 0) is 86.1 Å². The number of halogens is 2. The van der Waals surface area contributed by atoms with E-state index in [1.54, 1.807) is 42.5 Å². The van der Waals surface area contributed by atoms with Gasteiger partial charge in [-0.1, -0.05) is 73.9 Å². The maximum absolute atomic E-state index is 12.8. The van der Waals surface area contributed by atoms with Gasteiger partial charge >= 0.3 is 0 Å². The zero-order valence-electron chi connectivity index (χ0n) is 26.9. The van der Waals surface area contributed by atoms with Crippen LogP contribution in [0.5, 0.6) is 0 Å². The van der Waals surface area contributed by atoms with Crippen LogP contribution in [0.4, 0.5) is 11.4 Å². The monoisotopic (exact) mass is 688 g/mol. The molecule has 0 saturated heterocycles. The number of para-hydroxylation sites is 2. The molecule has 0 spiro atoms. The molecule has 0 radical (unpaired) electrons. The predicted octanol–water partition coefficient (Wildman–Crippen LogP) is 8.08. The van der Waals surface area contributed by atoms with Crippen LogP contribution in [0, 0.1) is 11.8 Å². The minimum atomic E-state index is -0.433. The Morgan fingerprint density at radius 3 is 1.85 bits per heavy atom. The minimum absolute atomic E-state index is 0.124. The average Bonchev–Trinajstić information content (AvgIpc) is 3.12. The highest BCUT2D eigenvalue weighted by molar-refractivity contribution is 6.31. The van der Waals surface area contributed by atoms with Crippen LogP contribution < -0.4 is 21.7 Å². The van der Waals surface area contributed by atoms with E-state index in [1.165, 1.54) is 57.6 Å². The number of nitrogens with one attached hydrogen (secondary N) is 3. The van der Waals surface area contributed by atoms with E-state index >= 15 is 0 Å². The first kappa shape index (κ1) is 35.1. The number of nitrogens with two attached hydrogens (primary N) is 1. The van der Waals surface area contributed by atoms with Gasteiger partial charge in [0.05, 0.1) is 34.0 Å². The van der Waals surface area contributed by atoms with Crippen molar-refractivity contribution in [2.45, 2.75) is 64.2 Å². The zero-order valence-corrected chi connectivity index (χ0v) is 28.5. The van der Waals surface area contributed by atoms with Crippen LogP contribution in [-0.2, 0) is 0 Å². The van der Waals surface area contributed by atoms with Gasteiger partial charge in [0.2, 0.25) is 0 Å². The van der Waals surface area contributed by atoms with Gasteiger partial charge in [0.15, 0.2) is 0 Å². The molecule has 1 aromatic heterocycles. The molecule has 2 aliphatic rings. The Morgan fingerprint density at radius 2 is 1.23 bits per heavy atom. The van der Waals surface area contributed by atoms with Crippen LogP contribution in [-0.4, -0.2) is 40.8 Å². The van der Waals surface area contributed by atoms with Gasteiger partial charge in [0, 0.05) is 28.8 Å². The smallest absolute Gasteiger partial charge is 0.275 e. The van der Waals surface area contributed by atoms with Crippen LogP contribution in [0.1, 0.15) is 95.4 Å². The summed E-state index contributed by atoms with van der Waals surface area (Å²) in [4.78, 5) is 46.2. The second-order valence-electron chi connectivity index (χ2n) is 12.5. The van der Waals surface area contributed by atoms with Crippen molar-refractivity contribution >= 4 is 63.3 Å². The van der Waals surface area contributed by atoms with Crippen molar-refractivity contribution in [1.82, 2.24) is 20.6 Å². The number of fused-ring (bicyclic) bond motifs is 1. The molecule has 11 heteroatoms. The minimum Gasteiger partial charge on any atom is -0.398 e. The highest BCUT2D eigenvalue weighted by Crippen LogP contribution is 2.26. The van der Waals surface area contributed by atoms with E-state index in [9.17, 15) is 14.4 Å². The molecule has 6 rings (SSSR count). The number of hydrogen-bond donors (Lipinski definition) is 4. The first-order valence-corrected chi connectivity index (χ1v) is 17.5. The van der Waals surface area contributed by atoms with Gasteiger partial charge in [-0.2, -0.15) is 0 Å². The first-order chi connectivity index (χ1) is 23.3. The highest BCUT2D eigenvalue weighted by atomic mass is 35.5. The molecule has 0 aliphatic heterocycles. The Kier molecular flexibility index (Phi) is 12.6. The van der Waals surface area contributed by atoms with Crippen molar-refractivity contribution in [3.8, 4) is 0 Å². The fraction of sp³-hybridized carbons (Fsp3) is 0.378. The van der Waals surface area contributed by atoms with Crippen LogP contribution in [0.25, 0.3) is 11.0 Å². The Hall–Kier alpha value is -4.21. The second-order valence-corrected chi connectivity index (χ2v) is 13.4. The molecule has 0 bridgehead atoms. The number of amides is 3. The van der Waals surface area contributed by atoms with Gasteiger partial charge in [0.1, 0.15) is 5.69 Å². The van der Waals surface area contributed by atoms with E-state index in [2.05, 4.69) is 25.9 Å². The van der Waals surface area contributed by atoms with E-state index in [-0.39, 0.29) is 17.5 Å². The molecule has 252 valence electrons. The Morgan fingerprint density at radius 1 is 0.688 bits per heavy atom. The van der Waals surface area contributed by atoms with Gasteiger partial charge < -0.3 is 21.7 Å². The molecule has 2 saturated carbocycles. The molecule has 48 heavy (non-hydrogen) atoms. The summed E-state index contributed by atoms with van der Waals surface area (Å²) in [5.74, 6) is 0.316. The number of rotatable bonds is 8. The topological polar surface area (TPSA) is 139 Å². The van der Waals surface area contributed by atoms with E-state index < -0.39 is 5.91 Å². The van der Waals surface area contributed by atoms with Crippen molar-refractivity contribution in [2.75, 3.05) is 24.1 Å². The standard InChI is InChI=1S/C23H23ClN4O2.C14H19ClN2O/c24-16-10-11-18(17(12-16)22(29)26-13-15-6-2-1-3-7-15)28-23(30)21-14-25-19-8-4-5-9-20(19)27-21;15-11-6-7-13(16)12(8-11)14(18)17-9-10-4-2-1-3-5-10/h4-5,8-12,14-15H,1-3,6-7,13H2,(H,26,29)(H,28,30);6-8,10H,1-5,9,16H2,(H,17,18). The SMILES string of the molecule is Nc1ccc(Cl)cc1C(=O)NCC1CCCCC1.O=C(Nc1ccc(Cl)cc1C(=O)NCC1CCCCC1)c1cnc2ccccc2n1. The van der Waals surface area contributed by atoms with Crippen molar-refractivity contribution < 1.29 is 14.4 Å². The van der Waals surface area contributed by atoms with Gasteiger partial charge in [-0.25, -0.2) is 4.98 Å². The summed E-state index contributed by atoms with van der Waals surface area (Å²) in [6.07, 6.45) is 13.7. The molecule has 0 atom stereocenters. The molecule has 5 N–H and O–H groups in total. The van der Waals surface area contributed by atoms with Crippen LogP contribution in [0.3, 0.4) is 0 Å². The van der Waals surface area contributed by atoms with Crippen LogP contribution in [0.2, 0.25) is 10.0 Å². The molecular formula is C37H42Cl2N6O3. The number of aromatic nitrogens is 2. The summed E-state index contributed by atoms with van der Waals surface area (Å²) in [6.45, 7) is 1.37. The lowest BCUT2D eigenvalue weighted by Crippen LogP contribution is -2.31. The normalized spacial score (nSPS) is 15.2. The van der Waals surface area contributed by atoms with Gasteiger partial charge in [0.25, 0.3) is 17.7 Å². The fourth-order valence-electron chi connectivity index (χ4n) is 6.24. The summed E-state index contributed by atoms with van der Waals surface area (Å²) in [5.41, 5.74) is 8.97. The third-order valence-electron chi connectivity index (χ3n) is 8.97. The number of anilines is 2. The lowest BCUT2D eigenvalue weighted by Gasteiger charge is -2.22. The summed E-state index contributed by atoms with van der Waals surface area (Å²) >= 11 is 12.0. The fourth-order valence-corrected chi connectivity index (χ4v) is 6.58. The summed E-state index contributed by atoms with van der Waals surface area (Å²) in [7, 11) is 0. The Labute approximate surface area is 291 Å². The lowest BCUT2D eigenvalue weighted by molar-refractivity contribution is 0.0936. The second kappa shape index (κ2) is 17.3. The Balaban J connectivity index is 0.000000214. The number of carbonyl (C=O) groups is 3. The Bertz CT molecular complexity index is 1740. The van der Waals surface area contributed by atoms with E-state index in [0.717, 1.165) is 19.4 Å². The molecule has 3 amide bonds. The first-order valence-electron chi connectivity index (χ1n) is 16.7. The molecule has 0 unspecified atom stereocenters. The summed E-state index contributed by atoms with van der Waals surface area (Å²) in [5, 5.41) is 9.70. The number of hydrogen-bond acceptors (Lipinski definition) is 6. The van der Waals surface area contributed by atoms with Crippen molar-refractivity contribution in [2.24, 2.45) is 11.8 Å². The average molecular weight is 690 g/mol. The molecule has 2 fully saturated rings. The van der Waals surface area contributed by atoms with Crippen molar-refractivity contribution in [1.29, 1.82) is 0 Å². The third kappa shape index (κ3) is 9.90. The summed E-state index contributed by atoms with van der Waals surface area (Å²) in [6, 6.07) is 17.1. The lowest BCUT2D eigenvalue weighted by atomic mass is 9.89.